The van der Waals surface area contributed by atoms with Crippen LogP contribution in [0, 0.1) is 0 Å². The molecule has 0 saturated heterocycles. The third-order valence-electron chi connectivity index (χ3n) is 1.51. The van der Waals surface area contributed by atoms with Crippen molar-refractivity contribution < 1.29 is 14.3 Å². The van der Waals surface area contributed by atoms with E-state index in [4.69, 9.17) is 5.73 Å². The fraction of sp³-hybridized carbons (Fsp3) is 0.556. The summed E-state index contributed by atoms with van der Waals surface area (Å²) in [5.74, 6) is -0.935. The van der Waals surface area contributed by atoms with E-state index in [0.717, 1.165) is 5.57 Å². The molecule has 0 aliphatic heterocycles. The van der Waals surface area contributed by atoms with E-state index in [1.165, 1.54) is 7.11 Å². The zero-order valence-electron chi connectivity index (χ0n) is 8.50. The minimum atomic E-state index is -0.699. The highest BCUT2D eigenvalue weighted by Gasteiger charge is 2.17. The van der Waals surface area contributed by atoms with E-state index in [-0.39, 0.29) is 12.5 Å². The van der Waals surface area contributed by atoms with Crippen molar-refractivity contribution in [1.29, 1.82) is 0 Å². The average molecular weight is 200 g/mol. The van der Waals surface area contributed by atoms with Gasteiger partial charge < -0.3 is 15.8 Å². The van der Waals surface area contributed by atoms with Crippen molar-refractivity contribution in [3.05, 3.63) is 12.2 Å². The van der Waals surface area contributed by atoms with Crippen molar-refractivity contribution in [3.63, 3.8) is 0 Å². The van der Waals surface area contributed by atoms with Crippen LogP contribution >= 0.6 is 0 Å². The Hall–Kier alpha value is -1.36. The molecule has 5 heteroatoms. The first-order valence-electron chi connectivity index (χ1n) is 4.19. The van der Waals surface area contributed by atoms with Gasteiger partial charge in [-0.1, -0.05) is 5.57 Å². The second-order valence-corrected chi connectivity index (χ2v) is 3.12. The summed E-state index contributed by atoms with van der Waals surface area (Å²) in [5, 5.41) is 2.45. The number of hydrogen-bond acceptors (Lipinski definition) is 3. The van der Waals surface area contributed by atoms with Crippen LogP contribution in [0.25, 0.3) is 0 Å². The normalized spacial score (nSPS) is 11.9. The number of amides is 2. The molecule has 0 fully saturated rings. The van der Waals surface area contributed by atoms with Gasteiger partial charge in [-0.15, -0.1) is 6.58 Å². The van der Waals surface area contributed by atoms with Gasteiger partial charge in [0.15, 0.2) is 0 Å². The summed E-state index contributed by atoms with van der Waals surface area (Å²) in [5.41, 5.74) is 5.88. The minimum Gasteiger partial charge on any atom is -0.375 e. The van der Waals surface area contributed by atoms with Gasteiger partial charge in [0, 0.05) is 7.11 Å². The molecular formula is C9H16N2O3. The lowest BCUT2D eigenvalue weighted by molar-refractivity contribution is -0.129. The number of methoxy groups -OCH3 is 1. The van der Waals surface area contributed by atoms with E-state index >= 15 is 0 Å². The van der Waals surface area contributed by atoms with Crippen LogP contribution in [0.2, 0.25) is 0 Å². The Labute approximate surface area is 83.3 Å². The van der Waals surface area contributed by atoms with Crippen LogP contribution in [-0.4, -0.2) is 31.6 Å². The second-order valence-electron chi connectivity index (χ2n) is 3.12. The first-order valence-corrected chi connectivity index (χ1v) is 4.19. The molecule has 14 heavy (non-hydrogen) atoms. The third kappa shape index (κ3) is 5.31. The van der Waals surface area contributed by atoms with Crippen LogP contribution in [0.4, 0.5) is 0 Å². The Morgan fingerprint density at radius 1 is 1.57 bits per heavy atom. The Morgan fingerprint density at radius 3 is 2.50 bits per heavy atom. The number of nitrogens with two attached hydrogens (primary N) is 1. The molecule has 0 aromatic carbocycles. The van der Waals surface area contributed by atoms with Gasteiger partial charge in [-0.3, -0.25) is 9.59 Å². The molecule has 5 nitrogen and oxygen atoms in total. The fourth-order valence-corrected chi connectivity index (χ4v) is 0.938. The van der Waals surface area contributed by atoms with E-state index in [1.54, 1.807) is 6.92 Å². The van der Waals surface area contributed by atoms with Crippen LogP contribution in [-0.2, 0) is 14.3 Å². The third-order valence-corrected chi connectivity index (χ3v) is 1.51. The highest BCUT2D eigenvalue weighted by Crippen LogP contribution is 2.01. The summed E-state index contributed by atoms with van der Waals surface area (Å²) < 4.78 is 4.60. The standard InChI is InChI=1S/C9H16N2O3/c1-6(2)4-7(9(10)13)11-8(12)5-14-3/h7H,1,4-5H2,2-3H3,(H2,10,13)(H,11,12)/t7-/m1/s1. The van der Waals surface area contributed by atoms with Crippen LogP contribution in [0.1, 0.15) is 13.3 Å². The molecule has 0 spiro atoms. The Kier molecular flexibility index (Phi) is 5.55. The number of rotatable bonds is 6. The Bertz CT molecular complexity index is 238. The molecule has 1 atom stereocenters. The van der Waals surface area contributed by atoms with Crippen molar-refractivity contribution in [2.75, 3.05) is 13.7 Å². The number of ether oxygens (including phenoxy) is 1. The molecule has 0 heterocycles. The molecule has 0 rings (SSSR count). The largest absolute Gasteiger partial charge is 0.375 e. The fourth-order valence-electron chi connectivity index (χ4n) is 0.938. The van der Waals surface area contributed by atoms with Gasteiger partial charge in [-0.25, -0.2) is 0 Å². The molecule has 80 valence electrons. The highest BCUT2D eigenvalue weighted by atomic mass is 16.5. The molecule has 0 saturated carbocycles. The van der Waals surface area contributed by atoms with Crippen LogP contribution in [0.3, 0.4) is 0 Å². The summed E-state index contributed by atoms with van der Waals surface area (Å²) in [7, 11) is 1.40. The lowest BCUT2D eigenvalue weighted by Gasteiger charge is -2.14. The predicted octanol–water partition coefficient (Wildman–Crippen LogP) is -0.431. The molecule has 2 amide bonds. The highest BCUT2D eigenvalue weighted by molar-refractivity contribution is 5.87. The molecule has 0 radical (unpaired) electrons. The first kappa shape index (κ1) is 12.6. The minimum absolute atomic E-state index is 0.0834. The zero-order valence-corrected chi connectivity index (χ0v) is 8.50. The van der Waals surface area contributed by atoms with Gasteiger partial charge in [-0.2, -0.15) is 0 Å². The van der Waals surface area contributed by atoms with Crippen molar-refractivity contribution in [2.24, 2.45) is 5.73 Å². The molecule has 0 unspecified atom stereocenters. The summed E-state index contributed by atoms with van der Waals surface area (Å²) in [6.07, 6.45) is 0.352. The van der Waals surface area contributed by atoms with Gasteiger partial charge in [0.25, 0.3) is 0 Å². The van der Waals surface area contributed by atoms with Crippen LogP contribution in [0.5, 0.6) is 0 Å². The van der Waals surface area contributed by atoms with Gasteiger partial charge in [0.05, 0.1) is 0 Å². The SMILES string of the molecule is C=C(C)C[C@@H](NC(=O)COC)C(N)=O. The summed E-state index contributed by atoms with van der Waals surface area (Å²) in [6.45, 7) is 5.32. The Morgan fingerprint density at radius 2 is 2.14 bits per heavy atom. The summed E-state index contributed by atoms with van der Waals surface area (Å²) >= 11 is 0. The maximum Gasteiger partial charge on any atom is 0.246 e. The van der Waals surface area contributed by atoms with Gasteiger partial charge >= 0.3 is 0 Å². The summed E-state index contributed by atoms with van der Waals surface area (Å²) in [4.78, 5) is 22.0. The number of carbonyl (C=O) groups is 2. The quantitative estimate of drug-likeness (QED) is 0.571. The molecule has 3 N–H and O–H groups in total. The van der Waals surface area contributed by atoms with Crippen molar-refractivity contribution >= 4 is 11.8 Å². The van der Waals surface area contributed by atoms with Gasteiger partial charge in [-0.05, 0) is 13.3 Å². The Balaban J connectivity index is 4.16. The molecule has 0 aliphatic carbocycles. The van der Waals surface area contributed by atoms with E-state index in [9.17, 15) is 9.59 Å². The first-order chi connectivity index (χ1) is 6.47. The van der Waals surface area contributed by atoms with Gasteiger partial charge in [0.1, 0.15) is 12.6 Å². The lowest BCUT2D eigenvalue weighted by Crippen LogP contribution is -2.45. The maximum atomic E-state index is 11.1. The number of nitrogens with one attached hydrogen (secondary N) is 1. The smallest absolute Gasteiger partial charge is 0.246 e. The lowest BCUT2D eigenvalue weighted by atomic mass is 10.1. The monoisotopic (exact) mass is 200 g/mol. The topological polar surface area (TPSA) is 81.4 Å². The van der Waals surface area contributed by atoms with Crippen molar-refractivity contribution in [3.8, 4) is 0 Å². The van der Waals surface area contributed by atoms with E-state index in [0.29, 0.717) is 6.42 Å². The van der Waals surface area contributed by atoms with Crippen molar-refractivity contribution in [2.45, 2.75) is 19.4 Å². The molecule has 0 aromatic heterocycles. The molecule has 0 aromatic rings. The van der Waals surface area contributed by atoms with E-state index in [2.05, 4.69) is 16.6 Å². The van der Waals surface area contributed by atoms with Crippen LogP contribution in [0.15, 0.2) is 12.2 Å². The molecule has 0 aliphatic rings. The molecular weight excluding hydrogens is 184 g/mol. The van der Waals surface area contributed by atoms with E-state index < -0.39 is 11.9 Å². The van der Waals surface area contributed by atoms with Crippen LogP contribution < -0.4 is 11.1 Å². The number of carbonyl (C=O) groups excluding carboxylic acids is 2. The maximum absolute atomic E-state index is 11.1. The molecule has 0 bridgehead atoms. The second kappa shape index (κ2) is 6.15. The number of primary amides is 1. The summed E-state index contributed by atoms with van der Waals surface area (Å²) in [6, 6.07) is -0.699. The van der Waals surface area contributed by atoms with E-state index in [1.807, 2.05) is 0 Å². The average Bonchev–Trinajstić information content (AvgIpc) is 2.02. The number of hydrogen-bond donors (Lipinski definition) is 2. The van der Waals surface area contributed by atoms with Crippen molar-refractivity contribution in [1.82, 2.24) is 5.32 Å². The van der Waals surface area contributed by atoms with Gasteiger partial charge in [0.2, 0.25) is 11.8 Å². The predicted molar refractivity (Wildman–Crippen MR) is 52.4 cm³/mol. The zero-order chi connectivity index (χ0) is 11.1.